The summed E-state index contributed by atoms with van der Waals surface area (Å²) in [5.74, 6) is -0.449. The number of nitrogens with two attached hydrogens (primary N) is 1. The molecule has 0 radical (unpaired) electrons. The van der Waals surface area contributed by atoms with Crippen molar-refractivity contribution in [1.29, 1.82) is 0 Å². The Morgan fingerprint density at radius 1 is 1.55 bits per heavy atom. The first-order valence-corrected chi connectivity index (χ1v) is 3.36. The van der Waals surface area contributed by atoms with Gasteiger partial charge in [-0.2, -0.15) is 12.6 Å². The second-order valence-electron chi connectivity index (χ2n) is 1.71. The molecule has 2 amide bonds. The standard InChI is InChI=1S/C4H9N3O3S/c5-2(1-11)3(8)6-7-4(9)10/h2,7,11H,1,5H2,(H,6,8)(H,9,10). The lowest BCUT2D eigenvalue weighted by Gasteiger charge is -2.07. The largest absolute Gasteiger partial charge is 0.464 e. The second-order valence-corrected chi connectivity index (χ2v) is 2.07. The molecule has 64 valence electrons. The van der Waals surface area contributed by atoms with Crippen molar-refractivity contribution in [3.63, 3.8) is 0 Å². The number of amides is 2. The number of thiol groups is 1. The predicted molar refractivity (Wildman–Crippen MR) is 41.1 cm³/mol. The maximum atomic E-state index is 10.7. The van der Waals surface area contributed by atoms with Crippen molar-refractivity contribution in [1.82, 2.24) is 10.9 Å². The van der Waals surface area contributed by atoms with Crippen molar-refractivity contribution in [3.05, 3.63) is 0 Å². The van der Waals surface area contributed by atoms with E-state index in [9.17, 15) is 9.59 Å². The summed E-state index contributed by atoms with van der Waals surface area (Å²) < 4.78 is 0. The van der Waals surface area contributed by atoms with Crippen LogP contribution in [-0.2, 0) is 4.79 Å². The summed E-state index contributed by atoms with van der Waals surface area (Å²) in [6, 6.07) is -0.801. The van der Waals surface area contributed by atoms with Gasteiger partial charge in [-0.1, -0.05) is 0 Å². The minimum Gasteiger partial charge on any atom is -0.464 e. The van der Waals surface area contributed by atoms with E-state index in [1.165, 1.54) is 0 Å². The molecule has 0 aliphatic rings. The number of carbonyl (C=O) groups excluding carboxylic acids is 1. The Kier molecular flexibility index (Phi) is 4.39. The quantitative estimate of drug-likeness (QED) is 0.264. The molecule has 0 bridgehead atoms. The molecule has 0 aromatic heterocycles. The summed E-state index contributed by atoms with van der Waals surface area (Å²) in [4.78, 5) is 20.5. The lowest BCUT2D eigenvalue weighted by atomic mass is 10.3. The minimum atomic E-state index is -1.34. The van der Waals surface area contributed by atoms with E-state index >= 15 is 0 Å². The van der Waals surface area contributed by atoms with Gasteiger partial charge in [0.15, 0.2) is 0 Å². The predicted octanol–water partition coefficient (Wildman–Crippen LogP) is -1.46. The molecule has 0 aromatic carbocycles. The number of rotatable bonds is 2. The Labute approximate surface area is 68.5 Å². The van der Waals surface area contributed by atoms with E-state index in [0.717, 1.165) is 0 Å². The minimum absolute atomic E-state index is 0.160. The van der Waals surface area contributed by atoms with Crippen molar-refractivity contribution in [2.45, 2.75) is 6.04 Å². The van der Waals surface area contributed by atoms with Crippen LogP contribution in [0.1, 0.15) is 0 Å². The van der Waals surface area contributed by atoms with E-state index in [4.69, 9.17) is 10.8 Å². The van der Waals surface area contributed by atoms with Crippen LogP contribution in [0.5, 0.6) is 0 Å². The Bertz CT molecular complexity index is 163. The van der Waals surface area contributed by atoms with Crippen LogP contribution >= 0.6 is 12.6 Å². The smallest absolute Gasteiger partial charge is 0.423 e. The van der Waals surface area contributed by atoms with Crippen molar-refractivity contribution in [2.75, 3.05) is 5.75 Å². The van der Waals surface area contributed by atoms with Gasteiger partial charge in [-0.25, -0.2) is 10.2 Å². The van der Waals surface area contributed by atoms with Crippen LogP contribution in [0, 0.1) is 0 Å². The molecule has 11 heavy (non-hydrogen) atoms. The second kappa shape index (κ2) is 4.80. The first kappa shape index (κ1) is 10.0. The van der Waals surface area contributed by atoms with E-state index in [2.05, 4.69) is 12.6 Å². The van der Waals surface area contributed by atoms with Crippen LogP contribution in [0.4, 0.5) is 4.79 Å². The Hall–Kier alpha value is -0.950. The SMILES string of the molecule is NC(CS)C(=O)NNC(=O)O. The van der Waals surface area contributed by atoms with Crippen molar-refractivity contribution < 1.29 is 14.7 Å². The number of hydrazine groups is 1. The van der Waals surface area contributed by atoms with Crippen LogP contribution in [-0.4, -0.2) is 28.9 Å². The third-order valence-corrected chi connectivity index (χ3v) is 1.22. The fraction of sp³-hybridized carbons (Fsp3) is 0.500. The summed E-state index contributed by atoms with van der Waals surface area (Å²) in [6.45, 7) is 0. The van der Waals surface area contributed by atoms with Gasteiger partial charge in [0.05, 0.1) is 6.04 Å². The first-order chi connectivity index (χ1) is 5.07. The molecule has 7 heteroatoms. The average Bonchev–Trinajstić information content (AvgIpc) is 1.98. The highest BCUT2D eigenvalue weighted by atomic mass is 32.1. The van der Waals surface area contributed by atoms with Gasteiger partial charge in [-0.15, -0.1) is 0 Å². The van der Waals surface area contributed by atoms with Gasteiger partial charge in [-0.3, -0.25) is 10.2 Å². The zero-order valence-electron chi connectivity index (χ0n) is 5.57. The van der Waals surface area contributed by atoms with Crippen LogP contribution in [0.25, 0.3) is 0 Å². The normalized spacial score (nSPS) is 11.8. The Balaban J connectivity index is 3.60. The maximum Gasteiger partial charge on any atom is 0.423 e. The van der Waals surface area contributed by atoms with E-state index in [-0.39, 0.29) is 5.75 Å². The summed E-state index contributed by atoms with van der Waals surface area (Å²) >= 11 is 3.74. The number of carboxylic acid groups (broad SMARTS) is 1. The van der Waals surface area contributed by atoms with Gasteiger partial charge in [0.2, 0.25) is 0 Å². The van der Waals surface area contributed by atoms with Gasteiger partial charge < -0.3 is 10.8 Å². The van der Waals surface area contributed by atoms with Gasteiger partial charge in [0.25, 0.3) is 5.91 Å². The molecule has 0 spiro atoms. The maximum absolute atomic E-state index is 10.7. The fourth-order valence-electron chi connectivity index (χ4n) is 0.291. The third-order valence-electron chi connectivity index (χ3n) is 0.826. The van der Waals surface area contributed by atoms with Crippen LogP contribution in [0.15, 0.2) is 0 Å². The Morgan fingerprint density at radius 3 is 2.45 bits per heavy atom. The molecule has 1 atom stereocenters. The lowest BCUT2D eigenvalue weighted by Crippen LogP contribution is -2.49. The van der Waals surface area contributed by atoms with Gasteiger partial charge in [0.1, 0.15) is 0 Å². The molecule has 0 rings (SSSR count). The molecule has 1 unspecified atom stereocenters. The highest BCUT2D eigenvalue weighted by molar-refractivity contribution is 7.80. The van der Waals surface area contributed by atoms with E-state index < -0.39 is 18.0 Å². The highest BCUT2D eigenvalue weighted by Crippen LogP contribution is 1.80. The molecular weight excluding hydrogens is 170 g/mol. The molecule has 0 aromatic rings. The molecule has 0 saturated heterocycles. The van der Waals surface area contributed by atoms with Gasteiger partial charge >= 0.3 is 6.09 Å². The summed E-state index contributed by atoms with van der Waals surface area (Å²) in [5, 5.41) is 8.03. The molecule has 5 N–H and O–H groups in total. The third kappa shape index (κ3) is 4.45. The molecule has 0 fully saturated rings. The van der Waals surface area contributed by atoms with E-state index in [1.54, 1.807) is 5.43 Å². The first-order valence-electron chi connectivity index (χ1n) is 2.73. The molecule has 0 aliphatic carbocycles. The molecule has 0 aliphatic heterocycles. The zero-order valence-corrected chi connectivity index (χ0v) is 6.47. The summed E-state index contributed by atoms with van der Waals surface area (Å²) in [6.07, 6.45) is -1.34. The van der Waals surface area contributed by atoms with Crippen LogP contribution in [0.2, 0.25) is 0 Å². The molecular formula is C4H9N3O3S. The summed E-state index contributed by atoms with van der Waals surface area (Å²) in [5.41, 5.74) is 8.72. The number of hydrogen-bond acceptors (Lipinski definition) is 4. The Morgan fingerprint density at radius 2 is 2.09 bits per heavy atom. The number of carbonyl (C=O) groups is 2. The van der Waals surface area contributed by atoms with E-state index in [0.29, 0.717) is 0 Å². The van der Waals surface area contributed by atoms with Gasteiger partial charge in [0, 0.05) is 5.75 Å². The molecule has 0 heterocycles. The van der Waals surface area contributed by atoms with Crippen molar-refractivity contribution in [2.24, 2.45) is 5.73 Å². The zero-order chi connectivity index (χ0) is 8.85. The lowest BCUT2D eigenvalue weighted by molar-refractivity contribution is -0.122. The topological polar surface area (TPSA) is 104 Å². The summed E-state index contributed by atoms with van der Waals surface area (Å²) in [7, 11) is 0. The number of hydrogen-bond donors (Lipinski definition) is 5. The van der Waals surface area contributed by atoms with Gasteiger partial charge in [-0.05, 0) is 0 Å². The highest BCUT2D eigenvalue weighted by Gasteiger charge is 2.10. The average molecular weight is 179 g/mol. The fourth-order valence-corrected chi connectivity index (χ4v) is 0.456. The van der Waals surface area contributed by atoms with Crippen molar-refractivity contribution >= 4 is 24.6 Å². The van der Waals surface area contributed by atoms with Crippen molar-refractivity contribution in [3.8, 4) is 0 Å². The van der Waals surface area contributed by atoms with Crippen LogP contribution < -0.4 is 16.6 Å². The van der Waals surface area contributed by atoms with E-state index in [1.807, 2.05) is 5.43 Å². The monoisotopic (exact) mass is 179 g/mol. The number of nitrogens with one attached hydrogen (secondary N) is 2. The molecule has 0 saturated carbocycles. The molecule has 6 nitrogen and oxygen atoms in total. The van der Waals surface area contributed by atoms with Crippen LogP contribution in [0.3, 0.4) is 0 Å².